The molecule has 0 N–H and O–H groups in total. The number of thioether (sulfide) groups is 1. The van der Waals surface area contributed by atoms with Crippen LogP contribution in [0.4, 0.5) is 5.69 Å². The van der Waals surface area contributed by atoms with Crippen LogP contribution in [-0.4, -0.2) is 17.0 Å². The zero-order valence-electron chi connectivity index (χ0n) is 22.0. The molecule has 7 aromatic rings. The topological polar surface area (TPSA) is 17.3 Å². The molecule has 0 unspecified atom stereocenters. The molecule has 0 aliphatic rings. The largest absolute Gasteiger partial charge is 0.308 e. The molecular formula is C36H26N2S2. The maximum atomic E-state index is 4.69. The van der Waals surface area contributed by atoms with Crippen LogP contribution in [0.5, 0.6) is 0 Å². The maximum Gasteiger partial charge on any atom is 0.0727 e. The molecule has 7 rings (SSSR count). The van der Waals surface area contributed by atoms with Gasteiger partial charge in [-0.05, 0) is 71.5 Å². The summed E-state index contributed by atoms with van der Waals surface area (Å²) in [4.78, 5) is 5.89. The van der Waals surface area contributed by atoms with Crippen molar-refractivity contribution in [1.82, 2.24) is 4.57 Å². The minimum Gasteiger partial charge on any atom is -0.308 e. The van der Waals surface area contributed by atoms with Gasteiger partial charge < -0.3 is 4.57 Å². The van der Waals surface area contributed by atoms with Crippen LogP contribution in [-0.2, 0) is 0 Å². The maximum absolute atomic E-state index is 4.69. The van der Waals surface area contributed by atoms with Crippen molar-refractivity contribution in [3.63, 3.8) is 0 Å². The van der Waals surface area contributed by atoms with Gasteiger partial charge in [0.15, 0.2) is 0 Å². The summed E-state index contributed by atoms with van der Waals surface area (Å²) in [5.41, 5.74) is 8.26. The van der Waals surface area contributed by atoms with Gasteiger partial charge in [-0.3, -0.25) is 4.99 Å². The summed E-state index contributed by atoms with van der Waals surface area (Å²) in [6.45, 7) is 0. The van der Waals surface area contributed by atoms with Crippen molar-refractivity contribution < 1.29 is 0 Å². The summed E-state index contributed by atoms with van der Waals surface area (Å²) < 4.78 is 5.06. The van der Waals surface area contributed by atoms with E-state index in [1.807, 2.05) is 23.6 Å². The molecule has 0 aliphatic heterocycles. The Bertz CT molecular complexity index is 2010. The van der Waals surface area contributed by atoms with Crippen LogP contribution in [0, 0.1) is 0 Å². The van der Waals surface area contributed by atoms with Crippen LogP contribution >= 0.6 is 23.1 Å². The van der Waals surface area contributed by atoms with Crippen molar-refractivity contribution in [3.05, 3.63) is 139 Å². The number of aliphatic imine (C=N–C) groups is 1. The summed E-state index contributed by atoms with van der Waals surface area (Å²) in [6, 6.07) is 45.2. The lowest BCUT2D eigenvalue weighted by Crippen LogP contribution is -1.93. The first kappa shape index (κ1) is 24.6. The van der Waals surface area contributed by atoms with Crippen molar-refractivity contribution in [2.75, 3.05) is 6.26 Å². The molecule has 0 aliphatic carbocycles. The third kappa shape index (κ3) is 4.45. The Balaban J connectivity index is 1.26. The van der Waals surface area contributed by atoms with Crippen LogP contribution in [0.15, 0.2) is 138 Å². The predicted octanol–water partition coefficient (Wildman–Crippen LogP) is 10.8. The average Bonchev–Trinajstić information content (AvgIpc) is 3.55. The molecule has 2 nitrogen and oxygen atoms in total. The lowest BCUT2D eigenvalue weighted by Gasteiger charge is -2.09. The summed E-state index contributed by atoms with van der Waals surface area (Å²) in [5, 5.41) is 2.59. The Morgan fingerprint density at radius 2 is 1.43 bits per heavy atom. The van der Waals surface area contributed by atoms with Gasteiger partial charge >= 0.3 is 0 Å². The average molecular weight is 551 g/mol. The number of aromatic nitrogens is 1. The fraction of sp³-hybridized carbons (Fsp3) is 0.0278. The number of nitrogens with zero attached hydrogens (tertiary/aromatic N) is 2. The third-order valence-corrected chi connectivity index (χ3v) is 9.22. The number of hydrogen-bond acceptors (Lipinski definition) is 3. The van der Waals surface area contributed by atoms with Crippen molar-refractivity contribution in [1.29, 1.82) is 0 Å². The van der Waals surface area contributed by atoms with Crippen LogP contribution in [0.1, 0.15) is 5.56 Å². The van der Waals surface area contributed by atoms with E-state index in [9.17, 15) is 0 Å². The molecule has 0 saturated heterocycles. The minimum atomic E-state index is 0.941. The second-order valence-electron chi connectivity index (χ2n) is 9.60. The molecule has 0 saturated carbocycles. The van der Waals surface area contributed by atoms with Crippen molar-refractivity contribution in [2.24, 2.45) is 4.99 Å². The Labute approximate surface area is 241 Å². The van der Waals surface area contributed by atoms with E-state index in [1.165, 1.54) is 58.5 Å². The molecule has 2 heterocycles. The highest BCUT2D eigenvalue weighted by Crippen LogP contribution is 2.43. The minimum absolute atomic E-state index is 0.941. The summed E-state index contributed by atoms with van der Waals surface area (Å²) in [6.07, 6.45) is 6.07. The Kier molecular flexibility index (Phi) is 6.56. The van der Waals surface area contributed by atoms with Gasteiger partial charge in [0.25, 0.3) is 0 Å². The molecule has 2 aromatic heterocycles. The van der Waals surface area contributed by atoms with Crippen molar-refractivity contribution >= 4 is 71.1 Å². The van der Waals surface area contributed by atoms with E-state index in [2.05, 4.69) is 143 Å². The van der Waals surface area contributed by atoms with E-state index >= 15 is 0 Å². The number of benzene rings is 5. The Hall–Kier alpha value is -4.38. The van der Waals surface area contributed by atoms with Gasteiger partial charge in [0.2, 0.25) is 0 Å². The zero-order chi connectivity index (χ0) is 26.9. The number of allylic oxidation sites excluding steroid dienone is 1. The number of fused-ring (bicyclic) bond motifs is 5. The highest BCUT2D eigenvalue weighted by Gasteiger charge is 2.18. The van der Waals surface area contributed by atoms with Crippen LogP contribution < -0.4 is 0 Å². The zero-order valence-corrected chi connectivity index (χ0v) is 23.6. The molecule has 4 heteroatoms. The lowest BCUT2D eigenvalue weighted by atomic mass is 10.0. The van der Waals surface area contributed by atoms with E-state index in [0.717, 1.165) is 5.69 Å². The first-order chi connectivity index (χ1) is 19.8. The van der Waals surface area contributed by atoms with Crippen LogP contribution in [0.2, 0.25) is 0 Å². The first-order valence-electron chi connectivity index (χ1n) is 13.3. The van der Waals surface area contributed by atoms with Gasteiger partial charge in [-0.2, -0.15) is 0 Å². The second kappa shape index (κ2) is 10.6. The number of hydrogen-bond donors (Lipinski definition) is 0. The molecule has 40 heavy (non-hydrogen) atoms. The molecule has 0 radical (unpaired) electrons. The highest BCUT2D eigenvalue weighted by molar-refractivity contribution is 8.07. The van der Waals surface area contributed by atoms with Gasteiger partial charge in [-0.15, -0.1) is 23.1 Å². The number of thiophene rings is 1. The first-order valence-corrected chi connectivity index (χ1v) is 15.3. The third-order valence-electron chi connectivity index (χ3n) is 7.22. The van der Waals surface area contributed by atoms with Crippen LogP contribution in [0.25, 0.3) is 52.9 Å². The fourth-order valence-corrected chi connectivity index (χ4v) is 7.09. The van der Waals surface area contributed by atoms with Gasteiger partial charge in [0, 0.05) is 32.3 Å². The molecule has 0 amide bonds. The number of para-hydroxylation sites is 1. The summed E-state index contributed by atoms with van der Waals surface area (Å²) >= 11 is 3.61. The van der Waals surface area contributed by atoms with Gasteiger partial charge in [0.05, 0.1) is 21.4 Å². The normalized spacial score (nSPS) is 12.3. The quantitative estimate of drug-likeness (QED) is 0.188. The Morgan fingerprint density at radius 3 is 2.20 bits per heavy atom. The molecule has 0 spiro atoms. The van der Waals surface area contributed by atoms with Crippen molar-refractivity contribution in [3.8, 4) is 16.8 Å². The van der Waals surface area contributed by atoms with E-state index in [1.54, 1.807) is 11.8 Å². The van der Waals surface area contributed by atoms with Crippen molar-refractivity contribution in [2.45, 2.75) is 0 Å². The molecule has 0 bridgehead atoms. The van der Waals surface area contributed by atoms with E-state index in [4.69, 9.17) is 0 Å². The van der Waals surface area contributed by atoms with Crippen LogP contribution in [0.3, 0.4) is 0 Å². The van der Waals surface area contributed by atoms with Gasteiger partial charge in [-0.25, -0.2) is 0 Å². The van der Waals surface area contributed by atoms with E-state index in [-0.39, 0.29) is 0 Å². The van der Waals surface area contributed by atoms with Gasteiger partial charge in [-0.1, -0.05) is 84.9 Å². The van der Waals surface area contributed by atoms with E-state index in [0.29, 0.717) is 0 Å². The molecule has 0 atom stereocenters. The molecular weight excluding hydrogens is 525 g/mol. The highest BCUT2D eigenvalue weighted by atomic mass is 32.2. The van der Waals surface area contributed by atoms with E-state index < -0.39 is 0 Å². The predicted molar refractivity (Wildman–Crippen MR) is 178 cm³/mol. The molecule has 5 aromatic carbocycles. The SMILES string of the molecule is CS/C(=C\C=Nc1ccc(-c2ccc3c(c2)c2sc4ccccc4c2n3-c2ccccc2)cc1)c1ccccc1. The summed E-state index contributed by atoms with van der Waals surface area (Å²) in [7, 11) is 0. The summed E-state index contributed by atoms with van der Waals surface area (Å²) in [5.74, 6) is 0. The lowest BCUT2D eigenvalue weighted by molar-refractivity contribution is 1.19. The van der Waals surface area contributed by atoms with Gasteiger partial charge in [0.1, 0.15) is 0 Å². The molecule has 192 valence electrons. The fourth-order valence-electron chi connectivity index (χ4n) is 5.31. The smallest absolute Gasteiger partial charge is 0.0727 e. The Morgan fingerprint density at radius 1 is 0.725 bits per heavy atom. The second-order valence-corrected chi connectivity index (χ2v) is 11.5. The number of rotatable bonds is 6. The monoisotopic (exact) mass is 550 g/mol. The molecule has 0 fully saturated rings. The standard InChI is InChI=1S/C36H26N2S2/c1-39-33(26-10-4-2-5-11-26)22-23-37-28-19-16-25(17-20-28)27-18-21-32-31(24-27)36-35(30-14-8-9-15-34(30)40-36)38(32)29-12-6-3-7-13-29/h2-24H,1H3/b33-22-,37-23?.